The fourth-order valence-electron chi connectivity index (χ4n) is 2.38. The van der Waals surface area contributed by atoms with E-state index in [-0.39, 0.29) is 11.4 Å². The first kappa shape index (κ1) is 14.0. The maximum Gasteiger partial charge on any atom is 0.220 e. The van der Waals surface area contributed by atoms with Gasteiger partial charge in [-0.1, -0.05) is 35.2 Å². The van der Waals surface area contributed by atoms with Crippen LogP contribution in [0, 0.1) is 5.92 Å². The number of halogens is 1. The van der Waals surface area contributed by atoms with E-state index in [2.05, 4.69) is 35.1 Å². The normalized spacial score (nSPS) is 18.4. The van der Waals surface area contributed by atoms with Gasteiger partial charge in [0.1, 0.15) is 0 Å². The Bertz CT molecular complexity index is 222. The van der Waals surface area contributed by atoms with E-state index in [9.17, 15) is 4.79 Å². The van der Waals surface area contributed by atoms with Crippen molar-refractivity contribution < 1.29 is 4.79 Å². The van der Waals surface area contributed by atoms with Crippen LogP contribution >= 0.6 is 15.9 Å². The zero-order valence-electron chi connectivity index (χ0n) is 10.5. The maximum absolute atomic E-state index is 11.9. The summed E-state index contributed by atoms with van der Waals surface area (Å²) in [6, 6.07) is 0. The lowest BCUT2D eigenvalue weighted by Gasteiger charge is -2.27. The molecule has 1 aliphatic carbocycles. The summed E-state index contributed by atoms with van der Waals surface area (Å²) in [7, 11) is 0. The Balaban J connectivity index is 2.28. The Morgan fingerprint density at radius 3 is 2.50 bits per heavy atom. The molecule has 1 N–H and O–H groups in total. The van der Waals surface area contributed by atoms with E-state index in [0.29, 0.717) is 5.92 Å². The topological polar surface area (TPSA) is 29.1 Å². The van der Waals surface area contributed by atoms with Gasteiger partial charge in [-0.15, -0.1) is 0 Å². The predicted octanol–water partition coefficient (Wildman–Crippen LogP) is 3.64. The van der Waals surface area contributed by atoms with Gasteiger partial charge in [0.25, 0.3) is 0 Å². The summed E-state index contributed by atoms with van der Waals surface area (Å²) in [5, 5.41) is 4.07. The molecule has 16 heavy (non-hydrogen) atoms. The van der Waals surface area contributed by atoms with Gasteiger partial charge < -0.3 is 5.32 Å². The molecule has 94 valence electrons. The first-order valence-electron chi connectivity index (χ1n) is 6.40. The number of rotatable bonds is 5. The molecule has 2 nitrogen and oxygen atoms in total. The average molecular weight is 290 g/mol. The lowest BCUT2D eigenvalue weighted by molar-refractivity contribution is -0.123. The summed E-state index contributed by atoms with van der Waals surface area (Å²) in [6.07, 6.45) is 8.16. The van der Waals surface area contributed by atoms with Crippen molar-refractivity contribution >= 4 is 21.8 Å². The van der Waals surface area contributed by atoms with E-state index in [1.165, 1.54) is 32.1 Å². The molecule has 3 heteroatoms. The lowest BCUT2D eigenvalue weighted by Crippen LogP contribution is -2.44. The van der Waals surface area contributed by atoms with Crippen molar-refractivity contribution in [3.05, 3.63) is 0 Å². The van der Waals surface area contributed by atoms with E-state index >= 15 is 0 Å². The first-order chi connectivity index (χ1) is 7.53. The molecule has 0 saturated heterocycles. The number of nitrogens with one attached hydrogen (secondary N) is 1. The third kappa shape index (κ3) is 5.33. The Kier molecular flexibility index (Phi) is 5.81. The van der Waals surface area contributed by atoms with Gasteiger partial charge in [0.05, 0.1) is 0 Å². The quantitative estimate of drug-likeness (QED) is 0.770. The van der Waals surface area contributed by atoms with E-state index in [1.54, 1.807) is 0 Å². The highest BCUT2D eigenvalue weighted by molar-refractivity contribution is 9.09. The Labute approximate surface area is 108 Å². The van der Waals surface area contributed by atoms with Gasteiger partial charge in [-0.3, -0.25) is 4.79 Å². The third-order valence-electron chi connectivity index (χ3n) is 3.40. The molecule has 0 aliphatic heterocycles. The standard InChI is InChI=1S/C13H24BrNO/c1-13(2,8-9-14)15-12(16)10-11-6-4-3-5-7-11/h11H,3-10H2,1-2H3,(H,15,16). The first-order valence-corrected chi connectivity index (χ1v) is 7.52. The molecule has 0 bridgehead atoms. The van der Waals surface area contributed by atoms with Gasteiger partial charge in [-0.05, 0) is 39.0 Å². The Hall–Kier alpha value is -0.0500. The van der Waals surface area contributed by atoms with Crippen molar-refractivity contribution in [2.24, 2.45) is 5.92 Å². The van der Waals surface area contributed by atoms with Crippen LogP contribution in [0.3, 0.4) is 0 Å². The number of amides is 1. The summed E-state index contributed by atoms with van der Waals surface area (Å²) in [5.41, 5.74) is -0.0742. The van der Waals surface area contributed by atoms with Crippen LogP contribution in [0.1, 0.15) is 58.8 Å². The molecule has 0 radical (unpaired) electrons. The molecule has 1 saturated carbocycles. The van der Waals surface area contributed by atoms with Crippen molar-refractivity contribution in [1.82, 2.24) is 5.32 Å². The van der Waals surface area contributed by atoms with Gasteiger partial charge in [0.2, 0.25) is 5.91 Å². The molecular formula is C13H24BrNO. The highest BCUT2D eigenvalue weighted by Gasteiger charge is 2.22. The zero-order valence-corrected chi connectivity index (χ0v) is 12.1. The maximum atomic E-state index is 11.9. The van der Waals surface area contributed by atoms with Crippen molar-refractivity contribution in [3.63, 3.8) is 0 Å². The molecule has 0 aromatic heterocycles. The molecular weight excluding hydrogens is 266 g/mol. The number of alkyl halides is 1. The Morgan fingerprint density at radius 2 is 1.94 bits per heavy atom. The largest absolute Gasteiger partial charge is 0.351 e. The summed E-state index contributed by atoms with van der Waals surface area (Å²) in [4.78, 5) is 11.9. The lowest BCUT2D eigenvalue weighted by atomic mass is 9.86. The van der Waals surface area contributed by atoms with Crippen LogP contribution in [0.15, 0.2) is 0 Å². The van der Waals surface area contributed by atoms with E-state index in [4.69, 9.17) is 0 Å². The zero-order chi connectivity index (χ0) is 12.0. The number of carbonyl (C=O) groups excluding carboxylic acids is 1. The Morgan fingerprint density at radius 1 is 1.31 bits per heavy atom. The van der Waals surface area contributed by atoms with Crippen LogP contribution in [-0.2, 0) is 4.79 Å². The minimum Gasteiger partial charge on any atom is -0.351 e. The summed E-state index contributed by atoms with van der Waals surface area (Å²) in [5.74, 6) is 0.867. The molecule has 1 fully saturated rings. The second-order valence-electron chi connectivity index (χ2n) is 5.58. The highest BCUT2D eigenvalue weighted by Crippen LogP contribution is 2.26. The van der Waals surface area contributed by atoms with E-state index in [0.717, 1.165) is 18.2 Å². The van der Waals surface area contributed by atoms with E-state index < -0.39 is 0 Å². The molecule has 0 heterocycles. The molecule has 0 unspecified atom stereocenters. The molecule has 0 atom stereocenters. The van der Waals surface area contributed by atoms with Gasteiger partial charge in [-0.2, -0.15) is 0 Å². The van der Waals surface area contributed by atoms with Crippen LogP contribution in [0.5, 0.6) is 0 Å². The second-order valence-corrected chi connectivity index (χ2v) is 6.37. The fourth-order valence-corrected chi connectivity index (χ4v) is 3.37. The van der Waals surface area contributed by atoms with Gasteiger partial charge >= 0.3 is 0 Å². The smallest absolute Gasteiger partial charge is 0.220 e. The fraction of sp³-hybridized carbons (Fsp3) is 0.923. The number of hydrogen-bond donors (Lipinski definition) is 1. The van der Waals surface area contributed by atoms with Gasteiger partial charge in [-0.25, -0.2) is 0 Å². The third-order valence-corrected chi connectivity index (χ3v) is 3.79. The minimum absolute atomic E-state index is 0.0742. The van der Waals surface area contributed by atoms with Crippen LogP contribution < -0.4 is 5.32 Å². The van der Waals surface area contributed by atoms with Crippen LogP contribution in [0.4, 0.5) is 0 Å². The molecule has 0 aromatic carbocycles. The summed E-state index contributed by atoms with van der Waals surface area (Å²) < 4.78 is 0. The van der Waals surface area contributed by atoms with Gasteiger partial charge in [0.15, 0.2) is 0 Å². The average Bonchev–Trinajstić information content (AvgIpc) is 2.17. The molecule has 1 rings (SSSR count). The minimum atomic E-state index is -0.0742. The number of hydrogen-bond acceptors (Lipinski definition) is 1. The highest BCUT2D eigenvalue weighted by atomic mass is 79.9. The monoisotopic (exact) mass is 289 g/mol. The molecule has 0 spiro atoms. The summed E-state index contributed by atoms with van der Waals surface area (Å²) in [6.45, 7) is 4.18. The van der Waals surface area contributed by atoms with Crippen LogP contribution in [-0.4, -0.2) is 16.8 Å². The molecule has 0 aromatic rings. The van der Waals surface area contributed by atoms with Gasteiger partial charge in [0, 0.05) is 17.3 Å². The number of carbonyl (C=O) groups is 1. The SMILES string of the molecule is CC(C)(CCBr)NC(=O)CC1CCCCC1. The van der Waals surface area contributed by atoms with Crippen LogP contribution in [0.25, 0.3) is 0 Å². The van der Waals surface area contributed by atoms with Crippen molar-refractivity contribution in [3.8, 4) is 0 Å². The van der Waals surface area contributed by atoms with Crippen molar-refractivity contribution in [1.29, 1.82) is 0 Å². The van der Waals surface area contributed by atoms with Crippen LogP contribution in [0.2, 0.25) is 0 Å². The molecule has 1 aliphatic rings. The molecule has 1 amide bonds. The second kappa shape index (κ2) is 6.63. The van der Waals surface area contributed by atoms with E-state index in [1.807, 2.05) is 0 Å². The predicted molar refractivity (Wildman–Crippen MR) is 71.8 cm³/mol. The summed E-state index contributed by atoms with van der Waals surface area (Å²) >= 11 is 3.42. The van der Waals surface area contributed by atoms with Crippen molar-refractivity contribution in [2.45, 2.75) is 64.3 Å². The van der Waals surface area contributed by atoms with Crippen molar-refractivity contribution in [2.75, 3.05) is 5.33 Å².